The Balaban J connectivity index is 1.63. The van der Waals surface area contributed by atoms with Gasteiger partial charge >= 0.3 is 0 Å². The third-order valence-electron chi connectivity index (χ3n) is 3.71. The molecule has 6 heteroatoms. The molecule has 118 valence electrons. The van der Waals surface area contributed by atoms with Crippen LogP contribution in [0.5, 0.6) is 0 Å². The van der Waals surface area contributed by atoms with Gasteiger partial charge < -0.3 is 5.32 Å². The van der Waals surface area contributed by atoms with Crippen LogP contribution >= 0.6 is 0 Å². The van der Waals surface area contributed by atoms with E-state index in [1.807, 2.05) is 13.8 Å². The van der Waals surface area contributed by atoms with Crippen LogP contribution in [0.15, 0.2) is 36.5 Å². The zero-order chi connectivity index (χ0) is 16.4. The molecule has 0 radical (unpaired) electrons. The Morgan fingerprint density at radius 1 is 1.09 bits per heavy atom. The molecule has 1 N–H and O–H groups in total. The summed E-state index contributed by atoms with van der Waals surface area (Å²) in [5.74, 6) is 1.22. The zero-order valence-electron chi connectivity index (χ0n) is 13.1. The number of nitrogens with one attached hydrogen (secondary N) is 1. The predicted molar refractivity (Wildman–Crippen MR) is 86.4 cm³/mol. The Bertz CT molecular complexity index is 723. The van der Waals surface area contributed by atoms with Gasteiger partial charge in [0.2, 0.25) is 0 Å². The number of hydrogen-bond acceptors (Lipinski definition) is 5. The lowest BCUT2D eigenvalue weighted by atomic mass is 10.1. The van der Waals surface area contributed by atoms with Crippen molar-refractivity contribution in [1.82, 2.24) is 14.9 Å². The van der Waals surface area contributed by atoms with Crippen molar-refractivity contribution < 1.29 is 9.59 Å². The Hall–Kier alpha value is -2.76. The van der Waals surface area contributed by atoms with Crippen molar-refractivity contribution in [1.29, 1.82) is 0 Å². The summed E-state index contributed by atoms with van der Waals surface area (Å²) in [7, 11) is 0. The predicted octanol–water partition coefficient (Wildman–Crippen LogP) is 2.31. The van der Waals surface area contributed by atoms with E-state index in [-0.39, 0.29) is 17.7 Å². The van der Waals surface area contributed by atoms with E-state index >= 15 is 0 Å². The smallest absolute Gasteiger partial charge is 0.261 e. The minimum Gasteiger partial charge on any atom is -0.368 e. The fourth-order valence-electron chi connectivity index (χ4n) is 2.49. The maximum atomic E-state index is 12.2. The first-order chi connectivity index (χ1) is 11.1. The van der Waals surface area contributed by atoms with Crippen LogP contribution in [0.1, 0.15) is 46.3 Å². The van der Waals surface area contributed by atoms with Gasteiger partial charge in [0.05, 0.1) is 11.1 Å². The third-order valence-corrected chi connectivity index (χ3v) is 3.71. The number of hydrogen-bond donors (Lipinski definition) is 1. The average molecular weight is 310 g/mol. The molecule has 0 unspecified atom stereocenters. The normalized spacial score (nSPS) is 13.6. The van der Waals surface area contributed by atoms with Crippen LogP contribution in [-0.4, -0.2) is 39.8 Å². The van der Waals surface area contributed by atoms with Crippen molar-refractivity contribution in [3.63, 3.8) is 0 Å². The molecule has 6 nitrogen and oxygen atoms in total. The SMILES string of the molecule is CC(C)c1nccc(NCCN2C(=O)c3ccccc3C2=O)n1. The summed E-state index contributed by atoms with van der Waals surface area (Å²) in [6.45, 7) is 4.79. The number of aromatic nitrogens is 2. The topological polar surface area (TPSA) is 75.2 Å². The summed E-state index contributed by atoms with van der Waals surface area (Å²) in [6.07, 6.45) is 1.70. The molecular formula is C17H18N4O2. The van der Waals surface area contributed by atoms with E-state index in [1.165, 1.54) is 4.90 Å². The molecule has 23 heavy (non-hydrogen) atoms. The first kappa shape index (κ1) is 15.1. The lowest BCUT2D eigenvalue weighted by molar-refractivity contribution is 0.0660. The van der Waals surface area contributed by atoms with E-state index in [9.17, 15) is 9.59 Å². The number of rotatable bonds is 5. The zero-order valence-corrected chi connectivity index (χ0v) is 13.1. The number of nitrogens with zero attached hydrogens (tertiary/aromatic N) is 3. The number of amides is 2. The van der Waals surface area contributed by atoms with Crippen LogP contribution in [0.3, 0.4) is 0 Å². The maximum absolute atomic E-state index is 12.2. The van der Waals surface area contributed by atoms with E-state index < -0.39 is 0 Å². The standard InChI is InChI=1S/C17H18N4O2/c1-11(2)15-19-8-7-14(20-15)18-9-10-21-16(22)12-5-3-4-6-13(12)17(21)23/h3-8,11H,9-10H2,1-2H3,(H,18,19,20). The van der Waals surface area contributed by atoms with Crippen molar-refractivity contribution in [2.45, 2.75) is 19.8 Å². The molecule has 0 atom stereocenters. The molecule has 1 aromatic carbocycles. The Kier molecular flexibility index (Phi) is 4.06. The molecule has 0 saturated carbocycles. The second-order valence-electron chi connectivity index (χ2n) is 5.69. The molecule has 3 rings (SSSR count). The monoisotopic (exact) mass is 310 g/mol. The number of anilines is 1. The molecule has 0 aliphatic carbocycles. The van der Waals surface area contributed by atoms with E-state index in [0.717, 1.165) is 5.82 Å². The number of carbonyl (C=O) groups is 2. The van der Waals surface area contributed by atoms with Gasteiger partial charge in [0, 0.05) is 25.2 Å². The van der Waals surface area contributed by atoms with Gasteiger partial charge in [-0.3, -0.25) is 14.5 Å². The van der Waals surface area contributed by atoms with Gasteiger partial charge in [0.25, 0.3) is 11.8 Å². The molecule has 1 aliphatic heterocycles. The number of imide groups is 1. The van der Waals surface area contributed by atoms with Gasteiger partial charge in [-0.2, -0.15) is 0 Å². The van der Waals surface area contributed by atoms with Gasteiger partial charge in [-0.25, -0.2) is 9.97 Å². The quantitative estimate of drug-likeness (QED) is 0.858. The van der Waals surface area contributed by atoms with E-state index in [2.05, 4.69) is 15.3 Å². The highest BCUT2D eigenvalue weighted by Crippen LogP contribution is 2.22. The Labute approximate surface area is 134 Å². The van der Waals surface area contributed by atoms with Gasteiger partial charge in [-0.15, -0.1) is 0 Å². The lowest BCUT2D eigenvalue weighted by Crippen LogP contribution is -2.34. The Morgan fingerprint density at radius 3 is 2.35 bits per heavy atom. The van der Waals surface area contributed by atoms with Gasteiger partial charge in [0.1, 0.15) is 11.6 Å². The summed E-state index contributed by atoms with van der Waals surface area (Å²) >= 11 is 0. The largest absolute Gasteiger partial charge is 0.368 e. The fraction of sp³-hybridized carbons (Fsp3) is 0.294. The van der Waals surface area contributed by atoms with Crippen molar-refractivity contribution in [3.05, 3.63) is 53.5 Å². The molecule has 0 fully saturated rings. The van der Waals surface area contributed by atoms with E-state index in [0.29, 0.717) is 30.0 Å². The van der Waals surface area contributed by atoms with Crippen LogP contribution in [-0.2, 0) is 0 Å². The summed E-state index contributed by atoms with van der Waals surface area (Å²) in [6, 6.07) is 8.67. The number of fused-ring (bicyclic) bond motifs is 1. The van der Waals surface area contributed by atoms with Crippen molar-refractivity contribution >= 4 is 17.6 Å². The molecular weight excluding hydrogens is 292 g/mol. The number of benzene rings is 1. The fourth-order valence-corrected chi connectivity index (χ4v) is 2.49. The minimum absolute atomic E-state index is 0.238. The summed E-state index contributed by atoms with van der Waals surface area (Å²) in [5, 5.41) is 3.14. The van der Waals surface area contributed by atoms with Crippen LogP contribution < -0.4 is 5.32 Å². The third kappa shape index (κ3) is 2.92. The van der Waals surface area contributed by atoms with Crippen molar-refractivity contribution in [3.8, 4) is 0 Å². The second kappa shape index (κ2) is 6.16. The maximum Gasteiger partial charge on any atom is 0.261 e. The minimum atomic E-state index is -0.238. The van der Waals surface area contributed by atoms with Crippen molar-refractivity contribution in [2.75, 3.05) is 18.4 Å². The average Bonchev–Trinajstić information content (AvgIpc) is 2.80. The molecule has 2 heterocycles. The van der Waals surface area contributed by atoms with Crippen LogP contribution in [0.2, 0.25) is 0 Å². The van der Waals surface area contributed by atoms with E-state index in [4.69, 9.17) is 0 Å². The molecule has 2 aromatic rings. The van der Waals surface area contributed by atoms with Crippen LogP contribution in [0, 0.1) is 0 Å². The summed E-state index contributed by atoms with van der Waals surface area (Å²) in [5.41, 5.74) is 0.947. The summed E-state index contributed by atoms with van der Waals surface area (Å²) < 4.78 is 0. The molecule has 0 bridgehead atoms. The van der Waals surface area contributed by atoms with Gasteiger partial charge in [0.15, 0.2) is 0 Å². The van der Waals surface area contributed by atoms with Crippen LogP contribution in [0.25, 0.3) is 0 Å². The molecule has 1 aromatic heterocycles. The lowest BCUT2D eigenvalue weighted by Gasteiger charge is -2.15. The summed E-state index contributed by atoms with van der Waals surface area (Å²) in [4.78, 5) is 34.4. The first-order valence-corrected chi connectivity index (χ1v) is 7.60. The number of carbonyl (C=O) groups excluding carboxylic acids is 2. The highest BCUT2D eigenvalue weighted by Gasteiger charge is 2.34. The van der Waals surface area contributed by atoms with Gasteiger partial charge in [-0.05, 0) is 18.2 Å². The molecule has 1 aliphatic rings. The van der Waals surface area contributed by atoms with Crippen LogP contribution in [0.4, 0.5) is 5.82 Å². The highest BCUT2D eigenvalue weighted by molar-refractivity contribution is 6.21. The molecule has 2 amide bonds. The molecule has 0 saturated heterocycles. The second-order valence-corrected chi connectivity index (χ2v) is 5.69. The molecule has 0 spiro atoms. The Morgan fingerprint density at radius 2 is 1.74 bits per heavy atom. The van der Waals surface area contributed by atoms with E-state index in [1.54, 1.807) is 36.5 Å². The highest BCUT2D eigenvalue weighted by atomic mass is 16.2. The van der Waals surface area contributed by atoms with Gasteiger partial charge in [-0.1, -0.05) is 26.0 Å². The first-order valence-electron chi connectivity index (χ1n) is 7.60. The van der Waals surface area contributed by atoms with Crippen molar-refractivity contribution in [2.24, 2.45) is 0 Å².